The summed E-state index contributed by atoms with van der Waals surface area (Å²) >= 11 is 0. The van der Waals surface area contributed by atoms with Crippen LogP contribution in [0, 0.1) is 18.6 Å². The summed E-state index contributed by atoms with van der Waals surface area (Å²) in [6.45, 7) is 7.81. The highest BCUT2D eigenvalue weighted by Gasteiger charge is 2.51. The topological polar surface area (TPSA) is 96.6 Å². The van der Waals surface area contributed by atoms with Gasteiger partial charge in [-0.3, -0.25) is 0 Å². The zero-order valence-corrected chi connectivity index (χ0v) is 23.3. The van der Waals surface area contributed by atoms with E-state index in [9.17, 15) is 14.7 Å². The van der Waals surface area contributed by atoms with Gasteiger partial charge in [-0.2, -0.15) is 0 Å². The van der Waals surface area contributed by atoms with E-state index in [1.807, 2.05) is 19.1 Å². The van der Waals surface area contributed by atoms with E-state index in [1.165, 1.54) is 21.9 Å². The number of hydrogen-bond acceptors (Lipinski definition) is 5. The van der Waals surface area contributed by atoms with E-state index in [-0.39, 0.29) is 37.4 Å². The first-order valence-electron chi connectivity index (χ1n) is 13.3. The molecule has 1 saturated heterocycles. The second-order valence-corrected chi connectivity index (χ2v) is 11.7. The van der Waals surface area contributed by atoms with Gasteiger partial charge in [0.15, 0.2) is 0 Å². The normalized spacial score (nSPS) is 18.6. The summed E-state index contributed by atoms with van der Waals surface area (Å²) in [5, 5.41) is 9.44. The maximum atomic E-state index is 15.9. The van der Waals surface area contributed by atoms with Gasteiger partial charge in [-0.05, 0) is 75.9 Å². The van der Waals surface area contributed by atoms with E-state index >= 15 is 8.78 Å². The van der Waals surface area contributed by atoms with Crippen molar-refractivity contribution >= 4 is 17.8 Å². The van der Waals surface area contributed by atoms with Crippen LogP contribution in [0.4, 0.5) is 18.4 Å². The molecular weight excluding hydrogens is 522 g/mol. The fraction of sp³-hybridized carbons (Fsp3) is 0.483. The van der Waals surface area contributed by atoms with Crippen LogP contribution in [0.3, 0.4) is 0 Å². The zero-order valence-electron chi connectivity index (χ0n) is 23.3. The number of fused-ring (bicyclic) bond motifs is 1. The first-order chi connectivity index (χ1) is 18.8. The summed E-state index contributed by atoms with van der Waals surface area (Å²) in [6.07, 6.45) is 0.990. The van der Waals surface area contributed by atoms with Gasteiger partial charge in [0, 0.05) is 26.2 Å². The molecule has 2 aromatic heterocycles. The lowest BCUT2D eigenvalue weighted by atomic mass is 9.98. The third-order valence-electron chi connectivity index (χ3n) is 7.56. The van der Waals surface area contributed by atoms with Crippen molar-refractivity contribution in [1.29, 1.82) is 0 Å². The predicted octanol–water partition coefficient (Wildman–Crippen LogP) is 5.37. The molecule has 214 valence electrons. The number of carboxylic acid groups (broad SMARTS) is 1. The summed E-state index contributed by atoms with van der Waals surface area (Å²) in [4.78, 5) is 31.6. The summed E-state index contributed by atoms with van der Waals surface area (Å²) < 4.78 is 44.8. The van der Waals surface area contributed by atoms with Crippen molar-refractivity contribution in [3.05, 3.63) is 58.9 Å². The lowest BCUT2D eigenvalue weighted by molar-refractivity contribution is -0.0214. The number of aryl methyl sites for hydroxylation is 1. The van der Waals surface area contributed by atoms with Gasteiger partial charge in [0.05, 0.1) is 41.7 Å². The van der Waals surface area contributed by atoms with E-state index in [0.29, 0.717) is 29.7 Å². The van der Waals surface area contributed by atoms with Crippen LogP contribution in [0.25, 0.3) is 16.9 Å². The van der Waals surface area contributed by atoms with E-state index in [2.05, 4.69) is 4.98 Å². The molecule has 3 aromatic rings. The molecule has 1 aliphatic carbocycles. The number of carbonyl (C=O) groups excluding carboxylic acids is 1. The van der Waals surface area contributed by atoms with Crippen molar-refractivity contribution in [1.82, 2.24) is 19.2 Å². The Bertz CT molecular complexity index is 1450. The number of amides is 2. The minimum atomic E-state index is -1.04. The molecule has 5 rings (SSSR count). The quantitative estimate of drug-likeness (QED) is 0.454. The fourth-order valence-corrected chi connectivity index (χ4v) is 5.33. The van der Waals surface area contributed by atoms with Crippen LogP contribution in [-0.2, 0) is 21.4 Å². The highest BCUT2D eigenvalue weighted by atomic mass is 19.1. The average Bonchev–Trinajstić information content (AvgIpc) is 3.61. The summed E-state index contributed by atoms with van der Waals surface area (Å²) in [5.74, 6) is -1.59. The van der Waals surface area contributed by atoms with Gasteiger partial charge in [0.25, 0.3) is 0 Å². The number of carbonyl (C=O) groups is 2. The largest absolute Gasteiger partial charge is 0.465 e. The molecule has 9 nitrogen and oxygen atoms in total. The Balaban J connectivity index is 1.53. The number of nitrogens with zero attached hydrogens (tertiary/aromatic N) is 4. The van der Waals surface area contributed by atoms with Gasteiger partial charge in [-0.15, -0.1) is 0 Å². The summed E-state index contributed by atoms with van der Waals surface area (Å²) in [5.41, 5.74) is 0.621. The van der Waals surface area contributed by atoms with Gasteiger partial charge < -0.3 is 28.8 Å². The minimum absolute atomic E-state index is 0.133. The second kappa shape index (κ2) is 10.0. The Morgan fingerprint density at radius 3 is 2.50 bits per heavy atom. The molecule has 1 aliphatic heterocycles. The lowest BCUT2D eigenvalue weighted by Crippen LogP contribution is -2.45. The maximum absolute atomic E-state index is 15.9. The smallest absolute Gasteiger partial charge is 0.410 e. The molecular formula is C29H34F2N4O5. The molecule has 1 aromatic carbocycles. The van der Waals surface area contributed by atoms with E-state index in [0.717, 1.165) is 5.56 Å². The van der Waals surface area contributed by atoms with Crippen LogP contribution in [0.1, 0.15) is 50.4 Å². The molecule has 0 bridgehead atoms. The number of rotatable bonds is 5. The minimum Gasteiger partial charge on any atom is -0.465 e. The maximum Gasteiger partial charge on any atom is 0.410 e. The van der Waals surface area contributed by atoms with Crippen molar-refractivity contribution in [2.45, 2.75) is 64.2 Å². The molecule has 3 heterocycles. The fourth-order valence-electron chi connectivity index (χ4n) is 5.33. The highest BCUT2D eigenvalue weighted by Crippen LogP contribution is 2.51. The van der Waals surface area contributed by atoms with Gasteiger partial charge in [0.2, 0.25) is 0 Å². The molecule has 1 N–H and O–H groups in total. The first kappa shape index (κ1) is 27.8. The Labute approximate surface area is 231 Å². The first-order valence-corrected chi connectivity index (χ1v) is 13.3. The van der Waals surface area contributed by atoms with Crippen LogP contribution in [0.5, 0.6) is 0 Å². The molecule has 1 atom stereocenters. The number of hydrogen-bond donors (Lipinski definition) is 1. The predicted molar refractivity (Wildman–Crippen MR) is 143 cm³/mol. The van der Waals surface area contributed by atoms with Gasteiger partial charge >= 0.3 is 12.2 Å². The van der Waals surface area contributed by atoms with Crippen LogP contribution < -0.4 is 0 Å². The number of benzene rings is 1. The number of halogens is 2. The molecule has 1 saturated carbocycles. The number of ether oxygens (including phenoxy) is 2. The van der Waals surface area contributed by atoms with Gasteiger partial charge in [-0.25, -0.2) is 23.4 Å². The monoisotopic (exact) mass is 556 g/mol. The summed E-state index contributed by atoms with van der Waals surface area (Å²) in [6, 6.07) is 6.23. The molecule has 2 aliphatic rings. The second-order valence-electron chi connectivity index (χ2n) is 11.7. The Morgan fingerprint density at radius 1 is 1.23 bits per heavy atom. The average molecular weight is 557 g/mol. The Morgan fingerprint density at radius 2 is 1.90 bits per heavy atom. The van der Waals surface area contributed by atoms with Gasteiger partial charge in [-0.1, -0.05) is 0 Å². The lowest BCUT2D eigenvalue weighted by Gasteiger charge is -2.31. The van der Waals surface area contributed by atoms with Crippen molar-refractivity contribution in [2.75, 3.05) is 26.7 Å². The molecule has 2 fully saturated rings. The van der Waals surface area contributed by atoms with E-state index in [1.54, 1.807) is 38.4 Å². The Hall–Kier alpha value is -3.73. The van der Waals surface area contributed by atoms with Crippen molar-refractivity contribution < 1.29 is 33.0 Å². The van der Waals surface area contributed by atoms with E-state index < -0.39 is 41.1 Å². The molecule has 11 heteroatoms. The van der Waals surface area contributed by atoms with Crippen molar-refractivity contribution in [3.63, 3.8) is 0 Å². The van der Waals surface area contributed by atoms with Crippen molar-refractivity contribution in [2.24, 2.45) is 0 Å². The molecule has 2 amide bonds. The molecule has 40 heavy (non-hydrogen) atoms. The number of pyridine rings is 1. The van der Waals surface area contributed by atoms with E-state index in [4.69, 9.17) is 9.47 Å². The van der Waals surface area contributed by atoms with Crippen LogP contribution in [0.15, 0.2) is 30.5 Å². The number of imidazole rings is 1. The Kier molecular flexibility index (Phi) is 6.98. The van der Waals surface area contributed by atoms with Crippen LogP contribution >= 0.6 is 0 Å². The molecule has 0 radical (unpaired) electrons. The van der Waals surface area contributed by atoms with Gasteiger partial charge in [0.1, 0.15) is 22.9 Å². The van der Waals surface area contributed by atoms with Crippen LogP contribution in [-0.4, -0.2) is 74.9 Å². The zero-order chi connectivity index (χ0) is 29.0. The third kappa shape index (κ3) is 5.22. The highest BCUT2D eigenvalue weighted by molar-refractivity contribution is 5.72. The SMILES string of the molecule is Cc1ccn2c(CC3CN(C(=O)O)CCO3)c(-c3c(F)cc(C4(N(C)C(=O)OC(C)(C)C)CC4)cc3F)nc2c1. The molecule has 0 spiro atoms. The van der Waals surface area contributed by atoms with Crippen molar-refractivity contribution in [3.8, 4) is 11.3 Å². The number of aromatic nitrogens is 2. The molecule has 1 unspecified atom stereocenters. The van der Waals surface area contributed by atoms with Crippen LogP contribution in [0.2, 0.25) is 0 Å². The third-order valence-corrected chi connectivity index (χ3v) is 7.56. The standard InChI is InChI=1S/C29H34F2N4O5/c1-17-6-9-35-22(15-19-16-34(26(36)37)10-11-39-19)25(32-23(35)12-17)24-20(30)13-18(14-21(24)31)29(7-8-29)33(5)27(38)40-28(2,3)4/h6,9,12-14,19H,7-8,10-11,15-16H2,1-5H3,(H,36,37). The number of morpholine rings is 1. The summed E-state index contributed by atoms with van der Waals surface area (Å²) in [7, 11) is 1.58.